The first kappa shape index (κ1) is 16.1. The number of ether oxygens (including phenoxy) is 2. The maximum absolute atomic E-state index is 9.91. The van der Waals surface area contributed by atoms with Crippen molar-refractivity contribution in [3.8, 4) is 11.5 Å². The Morgan fingerprint density at radius 3 is 2.57 bits per heavy atom. The molecule has 21 heavy (non-hydrogen) atoms. The predicted octanol–water partition coefficient (Wildman–Crippen LogP) is 2.52. The zero-order valence-electron chi connectivity index (χ0n) is 13.5. The number of hydrogen-bond donors (Lipinski definition) is 2. The number of rotatable bonds is 8. The summed E-state index contributed by atoms with van der Waals surface area (Å²) < 4.78 is 11.4. The Labute approximate surface area is 127 Å². The van der Waals surface area contributed by atoms with Crippen molar-refractivity contribution in [2.24, 2.45) is 5.92 Å². The van der Waals surface area contributed by atoms with Crippen LogP contribution in [0.2, 0.25) is 0 Å². The van der Waals surface area contributed by atoms with Crippen molar-refractivity contribution in [2.45, 2.75) is 45.2 Å². The summed E-state index contributed by atoms with van der Waals surface area (Å²) in [4.78, 5) is 0. The zero-order valence-corrected chi connectivity index (χ0v) is 13.5. The Hall–Kier alpha value is -1.26. The number of hydrogen-bond acceptors (Lipinski definition) is 4. The Kier molecular flexibility index (Phi) is 5.12. The quantitative estimate of drug-likeness (QED) is 0.773. The van der Waals surface area contributed by atoms with E-state index in [2.05, 4.69) is 19.2 Å². The van der Waals surface area contributed by atoms with Crippen molar-refractivity contribution in [2.75, 3.05) is 20.3 Å². The standard InChI is InChI=1S/C17H27NO3/c1-12(2)18-17(10-19,14-6-7-14)11-21-15-8-5-13(3)9-16(15)20-4/h5,8-9,12,14,18-19H,6-7,10-11H2,1-4H3. The molecule has 1 aromatic rings. The van der Waals surface area contributed by atoms with Gasteiger partial charge in [0, 0.05) is 6.04 Å². The van der Waals surface area contributed by atoms with Crippen LogP contribution in [0.15, 0.2) is 18.2 Å². The molecular formula is C17H27NO3. The van der Waals surface area contributed by atoms with E-state index in [0.717, 1.165) is 29.9 Å². The average Bonchev–Trinajstić information content (AvgIpc) is 3.28. The van der Waals surface area contributed by atoms with Crippen LogP contribution < -0.4 is 14.8 Å². The van der Waals surface area contributed by atoms with E-state index >= 15 is 0 Å². The van der Waals surface area contributed by atoms with Crippen molar-refractivity contribution in [1.82, 2.24) is 5.32 Å². The van der Waals surface area contributed by atoms with Gasteiger partial charge in [-0.1, -0.05) is 19.9 Å². The lowest BCUT2D eigenvalue weighted by Crippen LogP contribution is -2.57. The minimum atomic E-state index is -0.357. The molecule has 0 aromatic heterocycles. The van der Waals surface area contributed by atoms with Crippen LogP contribution in [-0.2, 0) is 0 Å². The van der Waals surface area contributed by atoms with Gasteiger partial charge in [-0.05, 0) is 43.4 Å². The van der Waals surface area contributed by atoms with Crippen molar-refractivity contribution in [1.29, 1.82) is 0 Å². The molecule has 4 heteroatoms. The Morgan fingerprint density at radius 2 is 2.05 bits per heavy atom. The fraction of sp³-hybridized carbons (Fsp3) is 0.647. The van der Waals surface area contributed by atoms with E-state index < -0.39 is 0 Å². The van der Waals surface area contributed by atoms with Gasteiger partial charge in [0.05, 0.1) is 19.3 Å². The minimum absolute atomic E-state index is 0.0873. The monoisotopic (exact) mass is 293 g/mol. The first-order chi connectivity index (χ1) is 10.0. The van der Waals surface area contributed by atoms with Gasteiger partial charge in [0.15, 0.2) is 11.5 Å². The summed E-state index contributed by atoms with van der Waals surface area (Å²) in [5, 5.41) is 13.4. The van der Waals surface area contributed by atoms with Gasteiger partial charge in [-0.3, -0.25) is 0 Å². The molecule has 1 saturated carbocycles. The lowest BCUT2D eigenvalue weighted by atomic mass is 9.94. The molecule has 0 amide bonds. The van der Waals surface area contributed by atoms with Crippen LogP contribution in [0.3, 0.4) is 0 Å². The Bertz CT molecular complexity index is 471. The molecule has 1 fully saturated rings. The summed E-state index contributed by atoms with van der Waals surface area (Å²) in [6.07, 6.45) is 2.29. The predicted molar refractivity (Wildman–Crippen MR) is 84.0 cm³/mol. The van der Waals surface area contributed by atoms with Gasteiger partial charge in [-0.15, -0.1) is 0 Å². The summed E-state index contributed by atoms with van der Waals surface area (Å²) >= 11 is 0. The number of benzene rings is 1. The minimum Gasteiger partial charge on any atom is -0.493 e. The maximum Gasteiger partial charge on any atom is 0.161 e. The van der Waals surface area contributed by atoms with Crippen LogP contribution in [0.4, 0.5) is 0 Å². The summed E-state index contributed by atoms with van der Waals surface area (Å²) in [6, 6.07) is 6.20. The van der Waals surface area contributed by atoms with Gasteiger partial charge in [0.25, 0.3) is 0 Å². The van der Waals surface area contributed by atoms with Crippen LogP contribution in [0.1, 0.15) is 32.3 Å². The summed E-state index contributed by atoms with van der Waals surface area (Å²) in [6.45, 7) is 6.75. The summed E-state index contributed by atoms with van der Waals surface area (Å²) in [5.74, 6) is 1.95. The van der Waals surface area contributed by atoms with Crippen LogP contribution in [0.25, 0.3) is 0 Å². The van der Waals surface area contributed by atoms with E-state index in [0.29, 0.717) is 18.6 Å². The Balaban J connectivity index is 2.11. The number of aryl methyl sites for hydroxylation is 1. The highest BCUT2D eigenvalue weighted by Crippen LogP contribution is 2.40. The molecule has 0 saturated heterocycles. The molecule has 2 N–H and O–H groups in total. The molecule has 1 aliphatic carbocycles. The van der Waals surface area contributed by atoms with Gasteiger partial charge in [-0.2, -0.15) is 0 Å². The molecule has 0 bridgehead atoms. The van der Waals surface area contributed by atoms with Crippen molar-refractivity contribution < 1.29 is 14.6 Å². The van der Waals surface area contributed by atoms with Gasteiger partial charge in [-0.25, -0.2) is 0 Å². The molecular weight excluding hydrogens is 266 g/mol. The highest BCUT2D eigenvalue weighted by molar-refractivity contribution is 5.42. The topological polar surface area (TPSA) is 50.7 Å². The molecule has 1 atom stereocenters. The van der Waals surface area contributed by atoms with Gasteiger partial charge in [0.2, 0.25) is 0 Å². The molecule has 118 valence electrons. The van der Waals surface area contributed by atoms with E-state index in [-0.39, 0.29) is 12.1 Å². The molecule has 0 radical (unpaired) electrons. The van der Waals surface area contributed by atoms with Crippen LogP contribution in [-0.4, -0.2) is 37.0 Å². The number of methoxy groups -OCH3 is 1. The number of nitrogens with one attached hydrogen (secondary N) is 1. The second-order valence-corrected chi connectivity index (χ2v) is 6.33. The van der Waals surface area contributed by atoms with Crippen molar-refractivity contribution >= 4 is 0 Å². The third-order valence-corrected chi connectivity index (χ3v) is 4.02. The van der Waals surface area contributed by atoms with Gasteiger partial charge >= 0.3 is 0 Å². The number of aliphatic hydroxyl groups excluding tert-OH is 1. The molecule has 4 nitrogen and oxygen atoms in total. The SMILES string of the molecule is COc1cc(C)ccc1OCC(CO)(NC(C)C)C1CC1. The normalized spacial score (nSPS) is 17.6. The number of aliphatic hydroxyl groups is 1. The summed E-state index contributed by atoms with van der Waals surface area (Å²) in [7, 11) is 1.65. The van der Waals surface area contributed by atoms with Crippen LogP contribution in [0.5, 0.6) is 11.5 Å². The van der Waals surface area contributed by atoms with E-state index in [1.807, 2.05) is 25.1 Å². The molecule has 0 heterocycles. The van der Waals surface area contributed by atoms with Gasteiger partial charge in [0.1, 0.15) is 6.61 Å². The maximum atomic E-state index is 9.91. The third kappa shape index (κ3) is 3.89. The molecule has 1 aliphatic rings. The molecule has 1 aromatic carbocycles. The van der Waals surface area contributed by atoms with E-state index in [4.69, 9.17) is 9.47 Å². The first-order valence-electron chi connectivity index (χ1n) is 7.67. The molecule has 1 unspecified atom stereocenters. The zero-order chi connectivity index (χ0) is 15.5. The molecule has 2 rings (SSSR count). The van der Waals surface area contributed by atoms with Crippen molar-refractivity contribution in [3.05, 3.63) is 23.8 Å². The second kappa shape index (κ2) is 6.67. The van der Waals surface area contributed by atoms with E-state index in [1.54, 1.807) is 7.11 Å². The van der Waals surface area contributed by atoms with E-state index in [1.165, 1.54) is 0 Å². The van der Waals surface area contributed by atoms with Crippen LogP contribution >= 0.6 is 0 Å². The molecule has 0 aliphatic heterocycles. The third-order valence-electron chi connectivity index (χ3n) is 4.02. The Morgan fingerprint density at radius 1 is 1.33 bits per heavy atom. The molecule has 0 spiro atoms. The largest absolute Gasteiger partial charge is 0.493 e. The lowest BCUT2D eigenvalue weighted by Gasteiger charge is -2.35. The van der Waals surface area contributed by atoms with Gasteiger partial charge < -0.3 is 19.9 Å². The highest BCUT2D eigenvalue weighted by atomic mass is 16.5. The lowest BCUT2D eigenvalue weighted by molar-refractivity contribution is 0.0766. The summed E-state index contributed by atoms with van der Waals surface area (Å²) in [5.41, 5.74) is 0.777. The second-order valence-electron chi connectivity index (χ2n) is 6.33. The fourth-order valence-corrected chi connectivity index (χ4v) is 2.81. The smallest absolute Gasteiger partial charge is 0.161 e. The van der Waals surface area contributed by atoms with E-state index in [9.17, 15) is 5.11 Å². The first-order valence-corrected chi connectivity index (χ1v) is 7.67. The van der Waals surface area contributed by atoms with Crippen LogP contribution in [0, 0.1) is 12.8 Å². The van der Waals surface area contributed by atoms with Crippen molar-refractivity contribution in [3.63, 3.8) is 0 Å². The highest BCUT2D eigenvalue weighted by Gasteiger charge is 2.46. The average molecular weight is 293 g/mol. The fourth-order valence-electron chi connectivity index (χ4n) is 2.81.